The van der Waals surface area contributed by atoms with Gasteiger partial charge in [-0.1, -0.05) is 26.8 Å². The maximum absolute atomic E-state index is 4.48. The number of hydrogen-bond donors (Lipinski definition) is 1. The average molecular weight is 338 g/mol. The van der Waals surface area contributed by atoms with Gasteiger partial charge >= 0.3 is 0 Å². The van der Waals surface area contributed by atoms with E-state index >= 15 is 0 Å². The van der Waals surface area contributed by atoms with Crippen LogP contribution in [-0.4, -0.2) is 42.8 Å². The number of aromatic nitrogens is 5. The normalized spacial score (nSPS) is 19.6. The first-order valence-corrected chi connectivity index (χ1v) is 9.07. The van der Waals surface area contributed by atoms with E-state index in [0.29, 0.717) is 5.92 Å². The molecular weight excluding hydrogens is 312 g/mol. The molecule has 0 bridgehead atoms. The van der Waals surface area contributed by atoms with Crippen LogP contribution in [0.4, 0.5) is 0 Å². The van der Waals surface area contributed by atoms with Crippen LogP contribution in [0.3, 0.4) is 0 Å². The molecule has 1 aliphatic heterocycles. The lowest BCUT2D eigenvalue weighted by Gasteiger charge is -2.31. The summed E-state index contributed by atoms with van der Waals surface area (Å²) in [4.78, 5) is 2.50. The van der Waals surface area contributed by atoms with Crippen molar-refractivity contribution in [3.05, 3.63) is 47.7 Å². The van der Waals surface area contributed by atoms with Crippen molar-refractivity contribution in [2.75, 3.05) is 13.1 Å². The van der Waals surface area contributed by atoms with E-state index in [2.05, 4.69) is 62.7 Å². The van der Waals surface area contributed by atoms with Crippen LogP contribution in [0, 0.1) is 0 Å². The van der Waals surface area contributed by atoms with Gasteiger partial charge in [0, 0.05) is 36.3 Å². The lowest BCUT2D eigenvalue weighted by atomic mass is 9.92. The summed E-state index contributed by atoms with van der Waals surface area (Å²) in [7, 11) is 0. The highest BCUT2D eigenvalue weighted by molar-refractivity contribution is 5.37. The molecule has 0 saturated carbocycles. The molecule has 0 radical (unpaired) electrons. The Hall–Kier alpha value is -2.21. The van der Waals surface area contributed by atoms with Gasteiger partial charge in [0.2, 0.25) is 0 Å². The molecule has 1 atom stereocenters. The van der Waals surface area contributed by atoms with Crippen molar-refractivity contribution in [2.24, 2.45) is 0 Å². The highest BCUT2D eigenvalue weighted by Crippen LogP contribution is 2.27. The van der Waals surface area contributed by atoms with Crippen molar-refractivity contribution in [2.45, 2.75) is 51.5 Å². The second-order valence-electron chi connectivity index (χ2n) is 8.09. The molecular formula is C19H26N6. The minimum absolute atomic E-state index is 0.0830. The molecule has 132 valence electrons. The van der Waals surface area contributed by atoms with Gasteiger partial charge < -0.3 is 0 Å². The second kappa shape index (κ2) is 6.26. The van der Waals surface area contributed by atoms with E-state index in [0.717, 1.165) is 36.8 Å². The van der Waals surface area contributed by atoms with E-state index in [1.807, 2.05) is 18.2 Å². The fourth-order valence-corrected chi connectivity index (χ4v) is 3.62. The Kier molecular flexibility index (Phi) is 4.07. The predicted molar refractivity (Wildman–Crippen MR) is 97.5 cm³/mol. The molecule has 3 aromatic heterocycles. The van der Waals surface area contributed by atoms with E-state index in [4.69, 9.17) is 0 Å². The van der Waals surface area contributed by atoms with Crippen LogP contribution in [-0.2, 0) is 12.0 Å². The highest BCUT2D eigenvalue weighted by Gasteiger charge is 2.26. The Labute approximate surface area is 148 Å². The van der Waals surface area contributed by atoms with Gasteiger partial charge in [-0.3, -0.25) is 14.4 Å². The maximum atomic E-state index is 4.48. The van der Waals surface area contributed by atoms with Crippen molar-refractivity contribution in [1.29, 1.82) is 0 Å². The van der Waals surface area contributed by atoms with Crippen LogP contribution in [0.2, 0.25) is 0 Å². The van der Waals surface area contributed by atoms with Crippen molar-refractivity contribution >= 4 is 5.65 Å². The number of hydrogen-bond acceptors (Lipinski definition) is 4. The van der Waals surface area contributed by atoms with Crippen LogP contribution < -0.4 is 0 Å². The molecule has 1 saturated heterocycles. The Balaban J connectivity index is 1.49. The van der Waals surface area contributed by atoms with E-state index < -0.39 is 0 Å². The lowest BCUT2D eigenvalue weighted by molar-refractivity contribution is 0.194. The molecule has 0 spiro atoms. The zero-order chi connectivity index (χ0) is 17.4. The molecule has 4 heterocycles. The van der Waals surface area contributed by atoms with Gasteiger partial charge in [-0.2, -0.15) is 5.10 Å². The summed E-state index contributed by atoms with van der Waals surface area (Å²) in [5.74, 6) is 1.51. The number of nitrogens with zero attached hydrogens (tertiary/aromatic N) is 5. The fourth-order valence-electron chi connectivity index (χ4n) is 3.62. The predicted octanol–water partition coefficient (Wildman–Crippen LogP) is 3.13. The standard InChI is InChI=1S/C19H26N6/c1-19(2,3)16-11-15(20-21-16)13-24-9-6-7-14(12-24)18-23-22-17-8-4-5-10-25(17)18/h4-5,8,10-11,14H,6-7,9,12-13H2,1-3H3,(H,20,21)/t14-/m0/s1. The number of nitrogens with one attached hydrogen (secondary N) is 1. The molecule has 0 amide bonds. The summed E-state index contributed by atoms with van der Waals surface area (Å²) in [5.41, 5.74) is 3.33. The van der Waals surface area contributed by atoms with Crippen LogP contribution in [0.1, 0.15) is 56.7 Å². The average Bonchev–Trinajstić information content (AvgIpc) is 3.21. The number of likely N-dealkylation sites (tertiary alicyclic amines) is 1. The maximum Gasteiger partial charge on any atom is 0.160 e. The van der Waals surface area contributed by atoms with Crippen LogP contribution >= 0.6 is 0 Å². The monoisotopic (exact) mass is 338 g/mol. The second-order valence-corrected chi connectivity index (χ2v) is 8.09. The number of pyridine rings is 1. The van der Waals surface area contributed by atoms with E-state index in [1.54, 1.807) is 0 Å². The van der Waals surface area contributed by atoms with Gasteiger partial charge in [0.25, 0.3) is 0 Å². The lowest BCUT2D eigenvalue weighted by Crippen LogP contribution is -2.34. The molecule has 1 aliphatic rings. The molecule has 1 N–H and O–H groups in total. The number of piperidine rings is 1. The van der Waals surface area contributed by atoms with Gasteiger partial charge in [0.15, 0.2) is 5.65 Å². The number of rotatable bonds is 3. The summed E-state index contributed by atoms with van der Waals surface area (Å²) in [6.45, 7) is 9.63. The quantitative estimate of drug-likeness (QED) is 0.797. The number of aromatic amines is 1. The third-order valence-electron chi connectivity index (χ3n) is 5.00. The zero-order valence-corrected chi connectivity index (χ0v) is 15.2. The molecule has 25 heavy (non-hydrogen) atoms. The Bertz CT molecular complexity index is 856. The van der Waals surface area contributed by atoms with Crippen molar-refractivity contribution in [1.82, 2.24) is 29.7 Å². The minimum atomic E-state index is 0.0830. The summed E-state index contributed by atoms with van der Waals surface area (Å²) in [6, 6.07) is 8.26. The first-order valence-electron chi connectivity index (χ1n) is 9.07. The van der Waals surface area contributed by atoms with E-state index in [9.17, 15) is 0 Å². The summed E-state index contributed by atoms with van der Waals surface area (Å²) in [5, 5.41) is 16.5. The summed E-state index contributed by atoms with van der Waals surface area (Å²) >= 11 is 0. The number of H-pyrrole nitrogens is 1. The van der Waals surface area contributed by atoms with Gasteiger partial charge in [-0.05, 0) is 37.6 Å². The van der Waals surface area contributed by atoms with E-state index in [-0.39, 0.29) is 5.41 Å². The Morgan fingerprint density at radius 3 is 2.92 bits per heavy atom. The van der Waals surface area contributed by atoms with Crippen molar-refractivity contribution in [3.63, 3.8) is 0 Å². The van der Waals surface area contributed by atoms with Gasteiger partial charge in [0.1, 0.15) is 5.82 Å². The minimum Gasteiger partial charge on any atom is -0.297 e. The molecule has 4 rings (SSSR count). The third kappa shape index (κ3) is 3.31. The SMILES string of the molecule is CC(C)(C)c1cc(CN2CCC[C@H](c3nnc4ccccn34)C2)[nH]n1. The van der Waals surface area contributed by atoms with Crippen molar-refractivity contribution in [3.8, 4) is 0 Å². The van der Waals surface area contributed by atoms with Crippen molar-refractivity contribution < 1.29 is 0 Å². The third-order valence-corrected chi connectivity index (χ3v) is 5.00. The number of fused-ring (bicyclic) bond motifs is 1. The van der Waals surface area contributed by atoms with Crippen LogP contribution in [0.25, 0.3) is 5.65 Å². The Morgan fingerprint density at radius 2 is 2.12 bits per heavy atom. The first kappa shape index (κ1) is 16.3. The van der Waals surface area contributed by atoms with Gasteiger partial charge in [-0.25, -0.2) is 0 Å². The largest absolute Gasteiger partial charge is 0.297 e. The highest BCUT2D eigenvalue weighted by atomic mass is 15.3. The molecule has 0 aromatic carbocycles. The molecule has 6 heteroatoms. The zero-order valence-electron chi connectivity index (χ0n) is 15.2. The molecule has 1 fully saturated rings. The topological polar surface area (TPSA) is 62.1 Å². The molecule has 3 aromatic rings. The molecule has 0 unspecified atom stereocenters. The summed E-state index contributed by atoms with van der Waals surface area (Å²) in [6.07, 6.45) is 4.42. The summed E-state index contributed by atoms with van der Waals surface area (Å²) < 4.78 is 2.13. The molecule has 6 nitrogen and oxygen atoms in total. The Morgan fingerprint density at radius 1 is 1.24 bits per heavy atom. The molecule has 0 aliphatic carbocycles. The van der Waals surface area contributed by atoms with Crippen LogP contribution in [0.15, 0.2) is 30.5 Å². The van der Waals surface area contributed by atoms with Crippen LogP contribution in [0.5, 0.6) is 0 Å². The smallest absolute Gasteiger partial charge is 0.160 e. The first-order chi connectivity index (χ1) is 12.0. The van der Waals surface area contributed by atoms with Gasteiger partial charge in [-0.15, -0.1) is 10.2 Å². The fraction of sp³-hybridized carbons (Fsp3) is 0.526. The van der Waals surface area contributed by atoms with Gasteiger partial charge in [0.05, 0.1) is 5.69 Å². The van der Waals surface area contributed by atoms with E-state index in [1.165, 1.54) is 18.5 Å².